The molecule has 114 valence electrons. The highest BCUT2D eigenvalue weighted by molar-refractivity contribution is 6.31. The number of pyridine rings is 1. The van der Waals surface area contributed by atoms with Gasteiger partial charge in [0.1, 0.15) is 0 Å². The monoisotopic (exact) mass is 309 g/mol. The minimum Gasteiger partial charge on any atom is -0.481 e. The van der Waals surface area contributed by atoms with Gasteiger partial charge in [-0.1, -0.05) is 17.7 Å². The van der Waals surface area contributed by atoms with Crippen molar-refractivity contribution in [3.8, 4) is 5.88 Å². The van der Waals surface area contributed by atoms with E-state index >= 15 is 0 Å². The molecule has 2 rings (SSSR count). The second-order valence-electron chi connectivity index (χ2n) is 4.69. The fourth-order valence-corrected chi connectivity index (χ4v) is 2.57. The van der Waals surface area contributed by atoms with Gasteiger partial charge < -0.3 is 4.74 Å². The highest BCUT2D eigenvalue weighted by Crippen LogP contribution is 2.29. The molecule has 1 unspecified atom stereocenters. The third-order valence-electron chi connectivity index (χ3n) is 3.42. The van der Waals surface area contributed by atoms with E-state index < -0.39 is 0 Å². The Bertz CT molecular complexity index is 613. The van der Waals surface area contributed by atoms with E-state index in [2.05, 4.69) is 15.5 Å². The van der Waals surface area contributed by atoms with E-state index in [9.17, 15) is 0 Å². The lowest BCUT2D eigenvalue weighted by Crippen LogP contribution is -2.30. The van der Waals surface area contributed by atoms with Crippen LogP contribution in [0.25, 0.3) is 0 Å². The molecule has 0 aromatic carbocycles. The Morgan fingerprint density at radius 2 is 2.29 bits per heavy atom. The van der Waals surface area contributed by atoms with Crippen molar-refractivity contribution in [1.29, 1.82) is 0 Å². The van der Waals surface area contributed by atoms with Gasteiger partial charge in [0.25, 0.3) is 0 Å². The molecule has 1 atom stereocenters. The topological polar surface area (TPSA) is 78.0 Å². The second-order valence-corrected chi connectivity index (χ2v) is 5.07. The Morgan fingerprint density at radius 1 is 1.52 bits per heavy atom. The lowest BCUT2D eigenvalue weighted by Gasteiger charge is -2.19. The van der Waals surface area contributed by atoms with Crippen LogP contribution in [0.5, 0.6) is 5.88 Å². The van der Waals surface area contributed by atoms with Gasteiger partial charge in [0.15, 0.2) is 0 Å². The predicted octanol–water partition coefficient (Wildman–Crippen LogP) is 2.02. The summed E-state index contributed by atoms with van der Waals surface area (Å²) in [6, 6.07) is 3.63. The molecule has 0 saturated heterocycles. The molecule has 21 heavy (non-hydrogen) atoms. The average molecular weight is 310 g/mol. The first kappa shape index (κ1) is 15.8. The molecular weight excluding hydrogens is 290 g/mol. The molecule has 0 saturated carbocycles. The van der Waals surface area contributed by atoms with Crippen LogP contribution in [0.2, 0.25) is 5.02 Å². The van der Waals surface area contributed by atoms with Gasteiger partial charge in [-0.3, -0.25) is 16.0 Å². The van der Waals surface area contributed by atoms with Crippen molar-refractivity contribution in [3.05, 3.63) is 40.3 Å². The Labute approximate surface area is 129 Å². The van der Waals surface area contributed by atoms with E-state index in [0.717, 1.165) is 23.5 Å². The van der Waals surface area contributed by atoms with Crippen LogP contribution in [0.4, 0.5) is 0 Å². The van der Waals surface area contributed by atoms with Crippen LogP contribution in [-0.4, -0.2) is 21.9 Å². The summed E-state index contributed by atoms with van der Waals surface area (Å²) < 4.78 is 7.19. The van der Waals surface area contributed by atoms with Crippen molar-refractivity contribution in [1.82, 2.24) is 20.2 Å². The maximum Gasteiger partial charge on any atom is 0.217 e. The third-order valence-corrected chi connectivity index (χ3v) is 3.91. The largest absolute Gasteiger partial charge is 0.481 e. The first-order valence-corrected chi connectivity index (χ1v) is 7.16. The Morgan fingerprint density at radius 3 is 2.90 bits per heavy atom. The third kappa shape index (κ3) is 3.18. The Balaban J connectivity index is 2.36. The zero-order chi connectivity index (χ0) is 15.4. The zero-order valence-electron chi connectivity index (χ0n) is 12.4. The number of halogens is 1. The molecule has 3 N–H and O–H groups in total. The maximum atomic E-state index is 6.36. The van der Waals surface area contributed by atoms with E-state index in [4.69, 9.17) is 22.2 Å². The Kier molecular flexibility index (Phi) is 5.17. The van der Waals surface area contributed by atoms with Crippen LogP contribution in [-0.2, 0) is 13.0 Å². The number of hydrogen-bond donors (Lipinski definition) is 2. The molecule has 2 aromatic heterocycles. The quantitative estimate of drug-likeness (QED) is 0.630. The summed E-state index contributed by atoms with van der Waals surface area (Å²) in [5.74, 6) is 6.27. The van der Waals surface area contributed by atoms with Crippen molar-refractivity contribution in [2.24, 2.45) is 5.84 Å². The summed E-state index contributed by atoms with van der Waals surface area (Å²) in [5.41, 5.74) is 5.47. The summed E-state index contributed by atoms with van der Waals surface area (Å²) >= 11 is 6.36. The van der Waals surface area contributed by atoms with Gasteiger partial charge in [-0.2, -0.15) is 5.10 Å². The molecule has 0 aliphatic carbocycles. The molecule has 7 heteroatoms. The average Bonchev–Trinajstić information content (AvgIpc) is 2.79. The van der Waals surface area contributed by atoms with Gasteiger partial charge in [-0.15, -0.1) is 0 Å². The summed E-state index contributed by atoms with van der Waals surface area (Å²) in [5, 5.41) is 5.10. The van der Waals surface area contributed by atoms with Gasteiger partial charge in [0.05, 0.1) is 29.6 Å². The zero-order valence-corrected chi connectivity index (χ0v) is 13.2. The molecule has 0 fully saturated rings. The standard InChI is InChI=1S/C14H20ClN5O/c1-4-20-12(13(15)9(2)19-20)8-11(18-16)10-6-5-7-17-14(10)21-3/h5-7,11,18H,4,8,16H2,1-3H3. The SMILES string of the molecule is CCn1nc(C)c(Cl)c1CC(NN)c1cccnc1OC. The summed E-state index contributed by atoms with van der Waals surface area (Å²) in [7, 11) is 1.59. The van der Waals surface area contributed by atoms with Gasteiger partial charge >= 0.3 is 0 Å². The molecule has 0 amide bonds. The van der Waals surface area contributed by atoms with E-state index in [-0.39, 0.29) is 6.04 Å². The van der Waals surface area contributed by atoms with E-state index in [1.54, 1.807) is 13.3 Å². The molecule has 0 radical (unpaired) electrons. The van der Waals surface area contributed by atoms with Gasteiger partial charge in [0, 0.05) is 24.7 Å². The van der Waals surface area contributed by atoms with Crippen LogP contribution in [0.1, 0.15) is 29.9 Å². The number of nitrogens with two attached hydrogens (primary N) is 1. The fraction of sp³-hybridized carbons (Fsp3) is 0.429. The summed E-state index contributed by atoms with van der Waals surface area (Å²) in [4.78, 5) is 4.20. The Hall–Kier alpha value is -1.63. The first-order valence-electron chi connectivity index (χ1n) is 6.79. The number of nitrogens with one attached hydrogen (secondary N) is 1. The number of aryl methyl sites for hydroxylation is 2. The van der Waals surface area contributed by atoms with Crippen LogP contribution in [0.3, 0.4) is 0 Å². The van der Waals surface area contributed by atoms with E-state index in [1.165, 1.54) is 0 Å². The highest BCUT2D eigenvalue weighted by Gasteiger charge is 2.21. The van der Waals surface area contributed by atoms with Crippen molar-refractivity contribution < 1.29 is 4.74 Å². The number of ether oxygens (including phenoxy) is 1. The molecule has 0 aliphatic heterocycles. The number of rotatable bonds is 6. The lowest BCUT2D eigenvalue weighted by atomic mass is 10.0. The first-order chi connectivity index (χ1) is 10.1. The van der Waals surface area contributed by atoms with E-state index in [0.29, 0.717) is 17.3 Å². The van der Waals surface area contributed by atoms with Crippen LogP contribution in [0, 0.1) is 6.92 Å². The fourth-order valence-electron chi connectivity index (χ4n) is 2.36. The minimum absolute atomic E-state index is 0.160. The lowest BCUT2D eigenvalue weighted by molar-refractivity contribution is 0.381. The molecule has 6 nitrogen and oxygen atoms in total. The van der Waals surface area contributed by atoms with Crippen molar-refractivity contribution in [2.75, 3.05) is 7.11 Å². The summed E-state index contributed by atoms with van der Waals surface area (Å²) in [6.45, 7) is 4.68. The van der Waals surface area contributed by atoms with Crippen LogP contribution < -0.4 is 16.0 Å². The molecule has 2 aromatic rings. The molecule has 0 aliphatic rings. The predicted molar refractivity (Wildman–Crippen MR) is 82.2 cm³/mol. The van der Waals surface area contributed by atoms with E-state index in [1.807, 2.05) is 30.7 Å². The van der Waals surface area contributed by atoms with Crippen LogP contribution >= 0.6 is 11.6 Å². The highest BCUT2D eigenvalue weighted by atomic mass is 35.5. The molecule has 0 bridgehead atoms. The van der Waals surface area contributed by atoms with Gasteiger partial charge in [0.2, 0.25) is 5.88 Å². The minimum atomic E-state index is -0.160. The summed E-state index contributed by atoms with van der Waals surface area (Å²) in [6.07, 6.45) is 2.29. The van der Waals surface area contributed by atoms with Crippen molar-refractivity contribution in [2.45, 2.75) is 32.9 Å². The molecule has 2 heterocycles. The van der Waals surface area contributed by atoms with Crippen molar-refractivity contribution in [3.63, 3.8) is 0 Å². The number of nitrogens with zero attached hydrogens (tertiary/aromatic N) is 3. The van der Waals surface area contributed by atoms with Gasteiger partial charge in [-0.25, -0.2) is 4.98 Å². The number of methoxy groups -OCH3 is 1. The van der Waals surface area contributed by atoms with Crippen molar-refractivity contribution >= 4 is 11.6 Å². The van der Waals surface area contributed by atoms with Crippen LogP contribution in [0.15, 0.2) is 18.3 Å². The molecular formula is C14H20ClN5O. The number of hydrogen-bond acceptors (Lipinski definition) is 5. The second kappa shape index (κ2) is 6.89. The maximum absolute atomic E-state index is 6.36. The number of aromatic nitrogens is 3. The molecule has 0 spiro atoms. The smallest absolute Gasteiger partial charge is 0.217 e. The number of hydrazine groups is 1. The normalized spacial score (nSPS) is 12.4. The van der Waals surface area contributed by atoms with Gasteiger partial charge in [-0.05, 0) is 19.9 Å².